The lowest BCUT2D eigenvalue weighted by molar-refractivity contribution is -0.123. The van der Waals surface area contributed by atoms with Gasteiger partial charge in [0, 0.05) is 41.5 Å². The number of amides is 2. The van der Waals surface area contributed by atoms with E-state index in [-0.39, 0.29) is 11.8 Å². The van der Waals surface area contributed by atoms with Crippen molar-refractivity contribution in [2.45, 2.75) is 44.6 Å². The first-order valence-corrected chi connectivity index (χ1v) is 14.0. The number of ether oxygens (including phenoxy) is 1. The van der Waals surface area contributed by atoms with Crippen LogP contribution in [-0.2, 0) is 9.53 Å². The monoisotopic (exact) mass is 564 g/mol. The molecule has 0 unspecified atom stereocenters. The minimum Gasteiger partial charge on any atom is -0.383 e. The summed E-state index contributed by atoms with van der Waals surface area (Å²) in [7, 11) is 0. The predicted octanol–water partition coefficient (Wildman–Crippen LogP) is 4.59. The Hall–Kier alpha value is -5.08. The molecule has 5 N–H and O–H groups in total. The van der Waals surface area contributed by atoms with Gasteiger partial charge in [-0.1, -0.05) is 43.5 Å². The zero-order valence-corrected chi connectivity index (χ0v) is 23.1. The fourth-order valence-electron chi connectivity index (χ4n) is 4.98. The smallest absolute Gasteiger partial charge is 0.256 e. The maximum Gasteiger partial charge on any atom is 0.256 e. The Labute approximate surface area is 243 Å². The summed E-state index contributed by atoms with van der Waals surface area (Å²) in [5.41, 5.74) is 9.95. The van der Waals surface area contributed by atoms with Gasteiger partial charge < -0.3 is 21.1 Å². The third-order valence-electron chi connectivity index (χ3n) is 7.16. The van der Waals surface area contributed by atoms with E-state index in [0.717, 1.165) is 24.0 Å². The number of anilines is 2. The molecule has 11 heteroatoms. The van der Waals surface area contributed by atoms with E-state index in [4.69, 9.17) is 15.7 Å². The van der Waals surface area contributed by atoms with Crippen molar-refractivity contribution >= 4 is 40.4 Å². The Bertz CT molecular complexity index is 1630. The predicted molar refractivity (Wildman–Crippen MR) is 160 cm³/mol. The Balaban J connectivity index is 1.19. The number of H-pyrrole nitrogens is 1. The number of hydrogen-bond acceptors (Lipinski definition) is 8. The van der Waals surface area contributed by atoms with Gasteiger partial charge in [0.05, 0.1) is 35.9 Å². The van der Waals surface area contributed by atoms with Crippen LogP contribution in [0.1, 0.15) is 60.0 Å². The number of rotatable bonds is 10. The standard InChI is InChI=1S/C31H32N8O3/c32-18-20-12-14-34-25(17-20)37-31(41)22-10-8-21(9-11-22)28-27-29(39-38-28)23(19-35-30(27)33)5-4-15-42-16-13-26(40)36-24-6-2-1-3-7-24/h4-5,8-12,14,17,19,24H,1-3,6-7,13,15-16H2,(H2,33,35)(H,36,40)(H,38,39)(H,34,37,41)/b5-4+. The molecule has 42 heavy (non-hydrogen) atoms. The first kappa shape index (κ1) is 28.4. The van der Waals surface area contributed by atoms with Gasteiger partial charge in [-0.05, 0) is 37.1 Å². The first-order valence-electron chi connectivity index (χ1n) is 14.0. The average Bonchev–Trinajstić information content (AvgIpc) is 3.47. The summed E-state index contributed by atoms with van der Waals surface area (Å²) in [5, 5.41) is 23.0. The van der Waals surface area contributed by atoms with Crippen molar-refractivity contribution in [3.8, 4) is 17.3 Å². The minimum atomic E-state index is -0.348. The number of benzene rings is 1. The Morgan fingerprint density at radius 2 is 1.95 bits per heavy atom. The van der Waals surface area contributed by atoms with Gasteiger partial charge in [-0.15, -0.1) is 0 Å². The van der Waals surface area contributed by atoms with Gasteiger partial charge in [0.2, 0.25) is 5.91 Å². The molecule has 3 heterocycles. The summed E-state index contributed by atoms with van der Waals surface area (Å²) >= 11 is 0. The van der Waals surface area contributed by atoms with Gasteiger partial charge in [-0.2, -0.15) is 10.4 Å². The van der Waals surface area contributed by atoms with Crippen molar-refractivity contribution in [1.82, 2.24) is 25.5 Å². The van der Waals surface area contributed by atoms with Crippen LogP contribution in [0, 0.1) is 11.3 Å². The summed E-state index contributed by atoms with van der Waals surface area (Å²) < 4.78 is 5.63. The van der Waals surface area contributed by atoms with Crippen molar-refractivity contribution in [1.29, 1.82) is 5.26 Å². The summed E-state index contributed by atoms with van der Waals surface area (Å²) in [6, 6.07) is 12.4. The van der Waals surface area contributed by atoms with E-state index < -0.39 is 0 Å². The number of carbonyl (C=O) groups is 2. The highest BCUT2D eigenvalue weighted by Crippen LogP contribution is 2.32. The fourth-order valence-corrected chi connectivity index (χ4v) is 4.98. The van der Waals surface area contributed by atoms with Crippen molar-refractivity contribution in [2.24, 2.45) is 0 Å². The molecule has 1 aliphatic rings. The van der Waals surface area contributed by atoms with Crippen LogP contribution in [0.2, 0.25) is 0 Å². The number of fused-ring (bicyclic) bond motifs is 1. The lowest BCUT2D eigenvalue weighted by atomic mass is 9.95. The van der Waals surface area contributed by atoms with Crippen LogP contribution in [0.25, 0.3) is 28.2 Å². The lowest BCUT2D eigenvalue weighted by Crippen LogP contribution is -2.36. The summed E-state index contributed by atoms with van der Waals surface area (Å²) in [6.45, 7) is 0.696. The molecule has 1 aliphatic carbocycles. The van der Waals surface area contributed by atoms with E-state index in [1.807, 2.05) is 18.2 Å². The summed E-state index contributed by atoms with van der Waals surface area (Å²) in [4.78, 5) is 33.2. The van der Waals surface area contributed by atoms with Crippen LogP contribution in [0.3, 0.4) is 0 Å². The fraction of sp³-hybridized carbons (Fsp3) is 0.290. The number of aromatic nitrogens is 4. The molecule has 0 bridgehead atoms. The van der Waals surface area contributed by atoms with E-state index in [1.54, 1.807) is 36.5 Å². The molecule has 0 aliphatic heterocycles. The van der Waals surface area contributed by atoms with E-state index in [0.29, 0.717) is 65.0 Å². The summed E-state index contributed by atoms with van der Waals surface area (Å²) in [5.74, 6) is 0.318. The molecule has 0 saturated heterocycles. The van der Waals surface area contributed by atoms with Gasteiger partial charge in [0.15, 0.2) is 0 Å². The van der Waals surface area contributed by atoms with Crippen LogP contribution >= 0.6 is 0 Å². The largest absolute Gasteiger partial charge is 0.383 e. The molecule has 1 fully saturated rings. The molecular weight excluding hydrogens is 532 g/mol. The molecule has 11 nitrogen and oxygen atoms in total. The molecule has 0 radical (unpaired) electrons. The molecule has 5 rings (SSSR count). The zero-order chi connectivity index (χ0) is 29.3. The number of nitriles is 1. The maximum atomic E-state index is 12.7. The molecule has 0 spiro atoms. The highest BCUT2D eigenvalue weighted by Gasteiger charge is 2.16. The second-order valence-corrected chi connectivity index (χ2v) is 10.1. The van der Waals surface area contributed by atoms with Crippen LogP contribution in [0.15, 0.2) is 54.9 Å². The van der Waals surface area contributed by atoms with Crippen LogP contribution in [0.4, 0.5) is 11.6 Å². The quantitative estimate of drug-likeness (QED) is 0.202. The SMILES string of the molecule is N#Cc1ccnc(NC(=O)c2ccc(-c3[nH]nc4c(/C=C/COCCC(=O)NC5CCCCC5)cnc(N)c34)cc2)c1. The van der Waals surface area contributed by atoms with Gasteiger partial charge in [-0.25, -0.2) is 9.97 Å². The number of pyridine rings is 2. The van der Waals surface area contributed by atoms with Crippen molar-refractivity contribution in [3.05, 3.63) is 71.6 Å². The Morgan fingerprint density at radius 3 is 2.74 bits per heavy atom. The number of nitrogens with zero attached hydrogens (tertiary/aromatic N) is 4. The highest BCUT2D eigenvalue weighted by molar-refractivity contribution is 6.05. The second-order valence-electron chi connectivity index (χ2n) is 10.1. The van der Waals surface area contributed by atoms with E-state index in [2.05, 4.69) is 30.8 Å². The normalized spacial score (nSPS) is 13.7. The Kier molecular flexibility index (Phi) is 9.16. The third kappa shape index (κ3) is 6.97. The number of nitrogen functional groups attached to an aromatic ring is 1. The number of hydrogen-bond donors (Lipinski definition) is 4. The molecule has 214 valence electrons. The molecule has 2 amide bonds. The molecule has 3 aromatic heterocycles. The van der Waals surface area contributed by atoms with Crippen molar-refractivity contribution < 1.29 is 14.3 Å². The molecule has 4 aromatic rings. The lowest BCUT2D eigenvalue weighted by Gasteiger charge is -2.22. The number of nitrogens with one attached hydrogen (secondary N) is 3. The van der Waals surface area contributed by atoms with Gasteiger partial charge >= 0.3 is 0 Å². The van der Waals surface area contributed by atoms with Gasteiger partial charge in [0.25, 0.3) is 5.91 Å². The third-order valence-corrected chi connectivity index (χ3v) is 7.16. The number of aromatic amines is 1. The number of nitrogens with two attached hydrogens (primary N) is 1. The van der Waals surface area contributed by atoms with Crippen LogP contribution < -0.4 is 16.4 Å². The Morgan fingerprint density at radius 1 is 1.14 bits per heavy atom. The number of carbonyl (C=O) groups excluding carboxylic acids is 2. The molecular formula is C31H32N8O3. The molecule has 1 aromatic carbocycles. The average molecular weight is 565 g/mol. The van der Waals surface area contributed by atoms with Crippen LogP contribution in [0.5, 0.6) is 0 Å². The zero-order valence-electron chi connectivity index (χ0n) is 23.1. The summed E-state index contributed by atoms with van der Waals surface area (Å²) in [6.07, 6.45) is 12.9. The first-order chi connectivity index (χ1) is 20.5. The van der Waals surface area contributed by atoms with Crippen molar-refractivity contribution in [2.75, 3.05) is 24.3 Å². The van der Waals surface area contributed by atoms with Gasteiger partial charge in [0.1, 0.15) is 17.2 Å². The van der Waals surface area contributed by atoms with E-state index in [9.17, 15) is 9.59 Å². The van der Waals surface area contributed by atoms with E-state index >= 15 is 0 Å². The highest BCUT2D eigenvalue weighted by atomic mass is 16.5. The molecule has 0 atom stereocenters. The van der Waals surface area contributed by atoms with Gasteiger partial charge in [-0.3, -0.25) is 14.7 Å². The van der Waals surface area contributed by atoms with Crippen molar-refractivity contribution in [3.63, 3.8) is 0 Å². The maximum absolute atomic E-state index is 12.7. The van der Waals surface area contributed by atoms with E-state index in [1.165, 1.54) is 31.5 Å². The molecule has 1 saturated carbocycles. The topological polar surface area (TPSA) is 172 Å². The second kappa shape index (κ2) is 13.5. The van der Waals surface area contributed by atoms with Crippen LogP contribution in [-0.4, -0.2) is 51.2 Å². The minimum absolute atomic E-state index is 0.0374.